The van der Waals surface area contributed by atoms with Gasteiger partial charge in [-0.25, -0.2) is 8.78 Å². The first-order valence-electron chi connectivity index (χ1n) is 6.08. The number of hydrogen-bond donors (Lipinski definition) is 1. The van der Waals surface area contributed by atoms with Gasteiger partial charge in [0.2, 0.25) is 0 Å². The Bertz CT molecular complexity index is 748. The number of carbonyl (C=O) groups excluding carboxylic acids is 1. The fourth-order valence-corrected chi connectivity index (χ4v) is 2.35. The summed E-state index contributed by atoms with van der Waals surface area (Å²) in [6.45, 7) is 0. The van der Waals surface area contributed by atoms with E-state index in [1.807, 2.05) is 0 Å². The number of fused-ring (bicyclic) bond motifs is 1. The maximum Gasteiger partial charge on any atom is 0.189 e. The average Bonchev–Trinajstić information content (AvgIpc) is 2.74. The van der Waals surface area contributed by atoms with Crippen molar-refractivity contribution in [2.45, 2.75) is 6.42 Å². The predicted molar refractivity (Wildman–Crippen MR) is 70.5 cm³/mol. The molecule has 100 valence electrons. The second-order valence-electron chi connectivity index (χ2n) is 4.62. The summed E-state index contributed by atoms with van der Waals surface area (Å²) < 4.78 is 26.8. The van der Waals surface area contributed by atoms with Gasteiger partial charge in [0.25, 0.3) is 0 Å². The van der Waals surface area contributed by atoms with Crippen molar-refractivity contribution in [3.05, 3.63) is 70.3 Å². The van der Waals surface area contributed by atoms with Crippen LogP contribution in [-0.4, -0.2) is 10.9 Å². The summed E-state index contributed by atoms with van der Waals surface area (Å²) in [4.78, 5) is 12.2. The Morgan fingerprint density at radius 2 is 1.85 bits per heavy atom. The number of phenols is 1. The van der Waals surface area contributed by atoms with Crippen LogP contribution in [0.3, 0.4) is 0 Å². The number of rotatable bonds is 1. The summed E-state index contributed by atoms with van der Waals surface area (Å²) in [5, 5.41) is 9.72. The molecule has 0 saturated heterocycles. The Hall–Kier alpha value is -2.49. The third-order valence-electron chi connectivity index (χ3n) is 3.37. The van der Waals surface area contributed by atoms with E-state index in [0.717, 1.165) is 6.07 Å². The molecule has 2 aromatic rings. The summed E-state index contributed by atoms with van der Waals surface area (Å²) in [6.07, 6.45) is 1.55. The lowest BCUT2D eigenvalue weighted by Crippen LogP contribution is -1.96. The van der Waals surface area contributed by atoms with Crippen LogP contribution in [0.1, 0.15) is 21.5 Å². The van der Waals surface area contributed by atoms with E-state index in [2.05, 4.69) is 0 Å². The molecule has 4 heteroatoms. The van der Waals surface area contributed by atoms with Gasteiger partial charge < -0.3 is 5.11 Å². The van der Waals surface area contributed by atoms with Gasteiger partial charge in [0.1, 0.15) is 5.75 Å². The van der Waals surface area contributed by atoms with Crippen molar-refractivity contribution in [2.75, 3.05) is 0 Å². The molecule has 2 aromatic carbocycles. The van der Waals surface area contributed by atoms with Crippen LogP contribution in [0.2, 0.25) is 0 Å². The zero-order valence-corrected chi connectivity index (χ0v) is 10.4. The number of ketones is 1. The SMILES string of the molecule is O=C1C(=Cc2cccc(F)c2F)Cc2c(O)cccc21. The second-order valence-corrected chi connectivity index (χ2v) is 4.62. The molecule has 0 unspecified atom stereocenters. The van der Waals surface area contributed by atoms with E-state index in [9.17, 15) is 18.7 Å². The Labute approximate surface area is 114 Å². The van der Waals surface area contributed by atoms with Crippen LogP contribution in [0.15, 0.2) is 42.0 Å². The Kier molecular flexibility index (Phi) is 2.86. The lowest BCUT2D eigenvalue weighted by atomic mass is 10.1. The van der Waals surface area contributed by atoms with Crippen molar-refractivity contribution in [1.82, 2.24) is 0 Å². The average molecular weight is 272 g/mol. The Morgan fingerprint density at radius 1 is 1.10 bits per heavy atom. The standard InChI is InChI=1S/C16H10F2O2/c17-13-5-1-3-9(15(13)18)7-10-8-12-11(16(10)20)4-2-6-14(12)19/h1-7,19H,8H2. The van der Waals surface area contributed by atoms with Crippen LogP contribution in [0.4, 0.5) is 8.78 Å². The van der Waals surface area contributed by atoms with Gasteiger partial charge in [-0.1, -0.05) is 24.3 Å². The fourth-order valence-electron chi connectivity index (χ4n) is 2.35. The molecule has 0 spiro atoms. The van der Waals surface area contributed by atoms with E-state index in [1.54, 1.807) is 12.1 Å². The minimum atomic E-state index is -0.979. The molecule has 0 saturated carbocycles. The number of allylic oxidation sites excluding steroid dienone is 1. The minimum Gasteiger partial charge on any atom is -0.508 e. The zero-order chi connectivity index (χ0) is 14.3. The van der Waals surface area contributed by atoms with E-state index < -0.39 is 11.6 Å². The van der Waals surface area contributed by atoms with Gasteiger partial charge in [-0.15, -0.1) is 0 Å². The number of benzene rings is 2. The largest absolute Gasteiger partial charge is 0.508 e. The van der Waals surface area contributed by atoms with Crippen molar-refractivity contribution in [1.29, 1.82) is 0 Å². The van der Waals surface area contributed by atoms with Gasteiger partial charge in [0.05, 0.1) is 0 Å². The number of hydrogen-bond acceptors (Lipinski definition) is 2. The summed E-state index contributed by atoms with van der Waals surface area (Å²) in [5.41, 5.74) is 1.31. The second kappa shape index (κ2) is 4.56. The third kappa shape index (κ3) is 1.90. The number of halogens is 2. The van der Waals surface area contributed by atoms with E-state index in [4.69, 9.17) is 0 Å². The minimum absolute atomic E-state index is 0.0284. The van der Waals surface area contributed by atoms with E-state index in [1.165, 1.54) is 24.3 Å². The molecule has 0 aliphatic heterocycles. The smallest absolute Gasteiger partial charge is 0.189 e. The monoisotopic (exact) mass is 272 g/mol. The Balaban J connectivity index is 2.06. The summed E-state index contributed by atoms with van der Waals surface area (Å²) in [6, 6.07) is 8.50. The van der Waals surface area contributed by atoms with Crippen molar-refractivity contribution >= 4 is 11.9 Å². The van der Waals surface area contributed by atoms with E-state index in [0.29, 0.717) is 16.7 Å². The van der Waals surface area contributed by atoms with Gasteiger partial charge in [-0.05, 0) is 18.2 Å². The number of Topliss-reactive ketones (excluding diaryl/α,β-unsaturated/α-hetero) is 1. The molecule has 3 rings (SSSR count). The molecule has 2 nitrogen and oxygen atoms in total. The fraction of sp³-hybridized carbons (Fsp3) is 0.0625. The van der Waals surface area contributed by atoms with Crippen LogP contribution < -0.4 is 0 Å². The molecule has 0 heterocycles. The van der Waals surface area contributed by atoms with Gasteiger partial charge >= 0.3 is 0 Å². The van der Waals surface area contributed by atoms with Gasteiger partial charge in [0, 0.05) is 28.7 Å². The molecule has 0 bridgehead atoms. The molecule has 0 amide bonds. The highest BCUT2D eigenvalue weighted by Gasteiger charge is 2.27. The lowest BCUT2D eigenvalue weighted by molar-refractivity contribution is 0.104. The molecule has 20 heavy (non-hydrogen) atoms. The van der Waals surface area contributed by atoms with Crippen LogP contribution in [-0.2, 0) is 6.42 Å². The first-order chi connectivity index (χ1) is 9.58. The zero-order valence-electron chi connectivity index (χ0n) is 10.4. The van der Waals surface area contributed by atoms with Crippen molar-refractivity contribution < 1.29 is 18.7 Å². The van der Waals surface area contributed by atoms with E-state index >= 15 is 0 Å². The van der Waals surface area contributed by atoms with Crippen LogP contribution in [0.25, 0.3) is 6.08 Å². The quantitative estimate of drug-likeness (QED) is 0.807. The van der Waals surface area contributed by atoms with Crippen LogP contribution >= 0.6 is 0 Å². The molecule has 0 atom stereocenters. The number of phenolic OH excluding ortho intramolecular Hbond substituents is 1. The van der Waals surface area contributed by atoms with E-state index in [-0.39, 0.29) is 23.5 Å². The Morgan fingerprint density at radius 3 is 2.60 bits per heavy atom. The van der Waals surface area contributed by atoms with Gasteiger partial charge in [0.15, 0.2) is 17.4 Å². The normalized spacial score (nSPS) is 15.7. The summed E-state index contributed by atoms with van der Waals surface area (Å²) in [7, 11) is 0. The maximum atomic E-state index is 13.6. The van der Waals surface area contributed by atoms with Crippen molar-refractivity contribution in [3.8, 4) is 5.75 Å². The molecular formula is C16H10F2O2. The molecule has 0 fully saturated rings. The van der Waals surface area contributed by atoms with Crippen molar-refractivity contribution in [3.63, 3.8) is 0 Å². The number of aromatic hydroxyl groups is 1. The summed E-state index contributed by atoms with van der Waals surface area (Å²) >= 11 is 0. The highest BCUT2D eigenvalue weighted by molar-refractivity contribution is 6.16. The highest BCUT2D eigenvalue weighted by atomic mass is 19.2. The predicted octanol–water partition coefficient (Wildman–Crippen LogP) is 3.49. The topological polar surface area (TPSA) is 37.3 Å². The highest BCUT2D eigenvalue weighted by Crippen LogP contribution is 2.33. The van der Waals surface area contributed by atoms with Crippen LogP contribution in [0.5, 0.6) is 5.75 Å². The van der Waals surface area contributed by atoms with Crippen molar-refractivity contribution in [2.24, 2.45) is 0 Å². The molecule has 1 N–H and O–H groups in total. The molecule has 1 aliphatic rings. The van der Waals surface area contributed by atoms with Gasteiger partial charge in [-0.3, -0.25) is 4.79 Å². The molecule has 1 aliphatic carbocycles. The molecule has 0 aromatic heterocycles. The number of carbonyl (C=O) groups is 1. The first-order valence-corrected chi connectivity index (χ1v) is 6.08. The maximum absolute atomic E-state index is 13.6. The molecular weight excluding hydrogens is 262 g/mol. The van der Waals surface area contributed by atoms with Crippen LogP contribution in [0, 0.1) is 11.6 Å². The van der Waals surface area contributed by atoms with Gasteiger partial charge in [-0.2, -0.15) is 0 Å². The first kappa shape index (κ1) is 12.5. The summed E-state index contributed by atoms with van der Waals surface area (Å²) in [5.74, 6) is -2.16. The lowest BCUT2D eigenvalue weighted by Gasteiger charge is -2.00. The molecule has 0 radical (unpaired) electrons. The third-order valence-corrected chi connectivity index (χ3v) is 3.37.